The number of nitrogens with zero attached hydrogens (tertiary/aromatic N) is 3. The molecule has 5 heteroatoms. The molecule has 1 fully saturated rings. The zero-order valence-corrected chi connectivity index (χ0v) is 18.8. The van der Waals surface area contributed by atoms with Crippen LogP contribution in [0.5, 0.6) is 0 Å². The van der Waals surface area contributed by atoms with E-state index in [4.69, 9.17) is 9.40 Å². The van der Waals surface area contributed by atoms with Crippen LogP contribution >= 0.6 is 0 Å². The Kier molecular flexibility index (Phi) is 7.39. The average Bonchev–Trinajstić information content (AvgIpc) is 3.21. The van der Waals surface area contributed by atoms with E-state index in [2.05, 4.69) is 77.5 Å². The van der Waals surface area contributed by atoms with Gasteiger partial charge in [-0.1, -0.05) is 55.5 Å². The number of hydrogen-bond acceptors (Lipinski definition) is 5. The Balaban J connectivity index is 1.24. The first-order valence-electron chi connectivity index (χ1n) is 11.5. The van der Waals surface area contributed by atoms with E-state index in [9.17, 15) is 0 Å². The molecule has 0 spiro atoms. The quantitative estimate of drug-likeness (QED) is 0.518. The molecule has 0 atom stereocenters. The Bertz CT molecular complexity index is 945. The SMILES string of the molecule is CCCc1oc(CNCCN2CCN(c3ccccc3C)CC2)nc1-c1ccccc1. The molecule has 0 radical (unpaired) electrons. The fraction of sp³-hybridized carbons (Fsp3) is 0.423. The topological polar surface area (TPSA) is 44.5 Å². The molecule has 4 rings (SSSR count). The molecule has 0 saturated carbocycles. The van der Waals surface area contributed by atoms with E-state index in [-0.39, 0.29) is 0 Å². The van der Waals surface area contributed by atoms with E-state index in [0.717, 1.165) is 75.0 Å². The third-order valence-corrected chi connectivity index (χ3v) is 5.98. The molecule has 164 valence electrons. The molecule has 3 aromatic rings. The maximum atomic E-state index is 6.08. The minimum Gasteiger partial charge on any atom is -0.444 e. The minimum absolute atomic E-state index is 0.673. The van der Waals surface area contributed by atoms with Gasteiger partial charge in [-0.15, -0.1) is 0 Å². The van der Waals surface area contributed by atoms with E-state index >= 15 is 0 Å². The molecule has 0 amide bonds. The number of rotatable bonds is 9. The van der Waals surface area contributed by atoms with Crippen LogP contribution in [-0.4, -0.2) is 49.2 Å². The van der Waals surface area contributed by atoms with Gasteiger partial charge in [0.1, 0.15) is 11.5 Å². The lowest BCUT2D eigenvalue weighted by Crippen LogP contribution is -2.48. The van der Waals surface area contributed by atoms with Gasteiger partial charge < -0.3 is 14.6 Å². The molecule has 5 nitrogen and oxygen atoms in total. The second kappa shape index (κ2) is 10.6. The van der Waals surface area contributed by atoms with Crippen molar-refractivity contribution in [2.24, 2.45) is 0 Å². The molecule has 1 aliphatic heterocycles. The number of oxazole rings is 1. The summed E-state index contributed by atoms with van der Waals surface area (Å²) >= 11 is 0. The third-order valence-electron chi connectivity index (χ3n) is 5.98. The smallest absolute Gasteiger partial charge is 0.208 e. The largest absolute Gasteiger partial charge is 0.444 e. The summed E-state index contributed by atoms with van der Waals surface area (Å²) in [6, 6.07) is 19.0. The van der Waals surface area contributed by atoms with Gasteiger partial charge >= 0.3 is 0 Å². The monoisotopic (exact) mass is 418 g/mol. The summed E-state index contributed by atoms with van der Waals surface area (Å²) in [5.41, 5.74) is 4.86. The predicted octanol–water partition coefficient (Wildman–Crippen LogP) is 4.51. The molecule has 1 aromatic heterocycles. The first kappa shape index (κ1) is 21.6. The summed E-state index contributed by atoms with van der Waals surface area (Å²) in [4.78, 5) is 9.83. The van der Waals surface area contributed by atoms with Gasteiger partial charge in [0.25, 0.3) is 0 Å². The first-order valence-corrected chi connectivity index (χ1v) is 11.5. The fourth-order valence-corrected chi connectivity index (χ4v) is 4.26. The zero-order chi connectivity index (χ0) is 21.5. The number of anilines is 1. The van der Waals surface area contributed by atoms with Crippen molar-refractivity contribution in [1.82, 2.24) is 15.2 Å². The zero-order valence-electron chi connectivity index (χ0n) is 18.8. The lowest BCUT2D eigenvalue weighted by atomic mass is 10.1. The summed E-state index contributed by atoms with van der Waals surface area (Å²) in [5.74, 6) is 1.78. The normalized spacial score (nSPS) is 14.8. The van der Waals surface area contributed by atoms with Crippen LogP contribution in [0.15, 0.2) is 59.0 Å². The van der Waals surface area contributed by atoms with Crippen molar-refractivity contribution in [1.29, 1.82) is 0 Å². The molecular formula is C26H34N4O. The fourth-order valence-electron chi connectivity index (χ4n) is 4.26. The van der Waals surface area contributed by atoms with E-state index in [1.165, 1.54) is 11.3 Å². The second-order valence-electron chi connectivity index (χ2n) is 8.29. The Morgan fingerprint density at radius 1 is 0.968 bits per heavy atom. The van der Waals surface area contributed by atoms with Crippen LogP contribution < -0.4 is 10.2 Å². The lowest BCUT2D eigenvalue weighted by molar-refractivity contribution is 0.256. The van der Waals surface area contributed by atoms with Gasteiger partial charge in [0.2, 0.25) is 5.89 Å². The van der Waals surface area contributed by atoms with Crippen molar-refractivity contribution >= 4 is 5.69 Å². The highest BCUT2D eigenvalue weighted by Gasteiger charge is 2.18. The maximum Gasteiger partial charge on any atom is 0.208 e. The van der Waals surface area contributed by atoms with E-state index in [1.54, 1.807) is 0 Å². The number of hydrogen-bond donors (Lipinski definition) is 1. The van der Waals surface area contributed by atoms with Crippen molar-refractivity contribution < 1.29 is 4.42 Å². The number of piperazine rings is 1. The average molecular weight is 419 g/mol. The van der Waals surface area contributed by atoms with Crippen molar-refractivity contribution in [3.8, 4) is 11.3 Å². The van der Waals surface area contributed by atoms with Crippen LogP contribution in [0.4, 0.5) is 5.69 Å². The molecule has 1 saturated heterocycles. The number of para-hydroxylation sites is 1. The van der Waals surface area contributed by atoms with Crippen LogP contribution in [0.25, 0.3) is 11.3 Å². The van der Waals surface area contributed by atoms with Crippen LogP contribution in [-0.2, 0) is 13.0 Å². The Labute approximate surface area is 186 Å². The van der Waals surface area contributed by atoms with Crippen molar-refractivity contribution in [3.05, 3.63) is 71.8 Å². The van der Waals surface area contributed by atoms with Gasteiger partial charge in [-0.2, -0.15) is 0 Å². The van der Waals surface area contributed by atoms with Crippen LogP contribution in [0, 0.1) is 6.92 Å². The third kappa shape index (κ3) is 5.54. The number of benzene rings is 2. The van der Waals surface area contributed by atoms with E-state index < -0.39 is 0 Å². The molecule has 0 bridgehead atoms. The molecule has 1 N–H and O–H groups in total. The number of nitrogens with one attached hydrogen (secondary N) is 1. The Hall–Kier alpha value is -2.63. The molecule has 2 aromatic carbocycles. The predicted molar refractivity (Wildman–Crippen MR) is 127 cm³/mol. The summed E-state index contributed by atoms with van der Waals surface area (Å²) in [5, 5.41) is 3.52. The van der Waals surface area contributed by atoms with Gasteiger partial charge in [-0.3, -0.25) is 4.90 Å². The summed E-state index contributed by atoms with van der Waals surface area (Å²) in [7, 11) is 0. The van der Waals surface area contributed by atoms with Crippen molar-refractivity contribution in [3.63, 3.8) is 0 Å². The van der Waals surface area contributed by atoms with E-state index in [1.807, 2.05) is 6.07 Å². The highest BCUT2D eigenvalue weighted by Crippen LogP contribution is 2.25. The van der Waals surface area contributed by atoms with Gasteiger partial charge in [-0.05, 0) is 25.0 Å². The second-order valence-corrected chi connectivity index (χ2v) is 8.29. The summed E-state index contributed by atoms with van der Waals surface area (Å²) in [6.45, 7) is 11.4. The number of aromatic nitrogens is 1. The Morgan fingerprint density at radius 2 is 1.71 bits per heavy atom. The molecule has 0 unspecified atom stereocenters. The van der Waals surface area contributed by atoms with Crippen molar-refractivity contribution in [2.45, 2.75) is 33.2 Å². The summed E-state index contributed by atoms with van der Waals surface area (Å²) in [6.07, 6.45) is 1.97. The van der Waals surface area contributed by atoms with Crippen LogP contribution in [0.3, 0.4) is 0 Å². The molecular weight excluding hydrogens is 384 g/mol. The lowest BCUT2D eigenvalue weighted by Gasteiger charge is -2.36. The molecule has 1 aliphatic rings. The molecule has 31 heavy (non-hydrogen) atoms. The number of aryl methyl sites for hydroxylation is 2. The standard InChI is InChI=1S/C26H34N4O/c1-3-9-24-26(22-11-5-4-6-12-22)28-25(31-24)20-27-14-15-29-16-18-30(19-17-29)23-13-8-7-10-21(23)2/h4-8,10-13,27H,3,9,14-20H2,1-2H3. The van der Waals surface area contributed by atoms with Gasteiger partial charge in [0.15, 0.2) is 0 Å². The Morgan fingerprint density at radius 3 is 2.45 bits per heavy atom. The van der Waals surface area contributed by atoms with Gasteiger partial charge in [0, 0.05) is 56.9 Å². The van der Waals surface area contributed by atoms with Gasteiger partial charge in [0.05, 0.1) is 6.54 Å². The van der Waals surface area contributed by atoms with Gasteiger partial charge in [-0.25, -0.2) is 4.98 Å². The summed E-state index contributed by atoms with van der Waals surface area (Å²) < 4.78 is 6.08. The van der Waals surface area contributed by atoms with Crippen LogP contribution in [0.2, 0.25) is 0 Å². The van der Waals surface area contributed by atoms with Crippen LogP contribution in [0.1, 0.15) is 30.6 Å². The maximum absolute atomic E-state index is 6.08. The molecule has 2 heterocycles. The highest BCUT2D eigenvalue weighted by atomic mass is 16.4. The minimum atomic E-state index is 0.673. The molecule has 0 aliphatic carbocycles. The first-order chi connectivity index (χ1) is 15.2. The van der Waals surface area contributed by atoms with E-state index in [0.29, 0.717) is 6.54 Å². The van der Waals surface area contributed by atoms with Crippen molar-refractivity contribution in [2.75, 3.05) is 44.2 Å². The highest BCUT2D eigenvalue weighted by molar-refractivity contribution is 5.61.